The molecule has 0 amide bonds. The maximum atomic E-state index is 12.8. The summed E-state index contributed by atoms with van der Waals surface area (Å²) < 4.78 is 40.4. The zero-order valence-electron chi connectivity index (χ0n) is 15.0. The molecule has 1 atom stereocenters. The monoisotopic (exact) mass is 393 g/mol. The zero-order valence-corrected chi connectivity index (χ0v) is 15.0. The predicted octanol–water partition coefficient (Wildman–Crippen LogP) is 3.19. The van der Waals surface area contributed by atoms with Crippen LogP contribution in [0.15, 0.2) is 24.5 Å². The highest BCUT2D eigenvalue weighted by Gasteiger charge is 2.33. The third kappa shape index (κ3) is 3.24. The van der Waals surface area contributed by atoms with Crippen molar-refractivity contribution in [1.29, 1.82) is 0 Å². The summed E-state index contributed by atoms with van der Waals surface area (Å²) in [6.07, 6.45) is -0.978. The SMILES string of the molecule is CN1CCC[C@@H](n2cnc3cc(-c4c(O)cc(C(F)(F)F)cc4O)nnc32)C1. The molecule has 3 heterocycles. The van der Waals surface area contributed by atoms with Gasteiger partial charge in [-0.15, -0.1) is 10.2 Å². The molecule has 2 N–H and O–H groups in total. The topological polar surface area (TPSA) is 87.3 Å². The standard InChI is InChI=1S/C18H18F3N5O2/c1-25-4-2-3-11(8-25)26-9-22-13-7-12(23-24-17(13)26)16-14(27)5-10(6-15(16)28)18(19,20)21/h5-7,9,11,27-28H,2-4,8H2,1H3/t11-/m1/s1. The van der Waals surface area contributed by atoms with Gasteiger partial charge in [-0.2, -0.15) is 13.2 Å². The summed E-state index contributed by atoms with van der Waals surface area (Å²) in [5.41, 5.74) is -0.283. The molecule has 1 aromatic carbocycles. The summed E-state index contributed by atoms with van der Waals surface area (Å²) >= 11 is 0. The quantitative estimate of drug-likeness (QED) is 0.695. The summed E-state index contributed by atoms with van der Waals surface area (Å²) in [5.74, 6) is -1.45. The second kappa shape index (κ2) is 6.62. The molecule has 1 saturated heterocycles. The molecule has 0 aliphatic carbocycles. The smallest absolute Gasteiger partial charge is 0.416 e. The Kier molecular flexibility index (Phi) is 4.37. The number of likely N-dealkylation sites (N-methyl/N-ethyl adjacent to an activating group) is 1. The molecule has 0 bridgehead atoms. The van der Waals surface area contributed by atoms with E-state index in [1.54, 1.807) is 6.33 Å². The van der Waals surface area contributed by atoms with Gasteiger partial charge in [0.25, 0.3) is 0 Å². The number of hydrogen-bond acceptors (Lipinski definition) is 6. The van der Waals surface area contributed by atoms with Crippen molar-refractivity contribution < 1.29 is 23.4 Å². The van der Waals surface area contributed by atoms with Gasteiger partial charge >= 0.3 is 6.18 Å². The van der Waals surface area contributed by atoms with Gasteiger partial charge in [-0.3, -0.25) is 0 Å². The van der Waals surface area contributed by atoms with Crippen molar-refractivity contribution in [1.82, 2.24) is 24.6 Å². The number of hydrogen-bond donors (Lipinski definition) is 2. The molecule has 0 radical (unpaired) electrons. The Hall–Kier alpha value is -2.88. The normalized spacial score (nSPS) is 18.6. The fourth-order valence-electron chi connectivity index (χ4n) is 3.63. The van der Waals surface area contributed by atoms with Gasteiger partial charge < -0.3 is 19.7 Å². The van der Waals surface area contributed by atoms with Crippen molar-refractivity contribution in [2.45, 2.75) is 25.1 Å². The summed E-state index contributed by atoms with van der Waals surface area (Å²) in [5, 5.41) is 28.3. The minimum atomic E-state index is -4.69. The average Bonchev–Trinajstić information content (AvgIpc) is 3.03. The van der Waals surface area contributed by atoms with Gasteiger partial charge in [0.05, 0.1) is 17.5 Å². The predicted molar refractivity (Wildman–Crippen MR) is 94.9 cm³/mol. The molecule has 0 unspecified atom stereocenters. The van der Waals surface area contributed by atoms with E-state index in [1.807, 2.05) is 11.6 Å². The third-order valence-electron chi connectivity index (χ3n) is 4.99. The van der Waals surface area contributed by atoms with E-state index in [2.05, 4.69) is 20.1 Å². The lowest BCUT2D eigenvalue weighted by Gasteiger charge is -2.30. The van der Waals surface area contributed by atoms with Crippen LogP contribution in [0.1, 0.15) is 24.4 Å². The summed E-state index contributed by atoms with van der Waals surface area (Å²) in [6.45, 7) is 1.89. The Morgan fingerprint density at radius 2 is 1.82 bits per heavy atom. The lowest BCUT2D eigenvalue weighted by Crippen LogP contribution is -2.33. The first-order valence-electron chi connectivity index (χ1n) is 8.76. The van der Waals surface area contributed by atoms with Crippen molar-refractivity contribution >= 4 is 11.2 Å². The number of likely N-dealkylation sites (tertiary alicyclic amines) is 1. The minimum absolute atomic E-state index is 0.0437. The van der Waals surface area contributed by atoms with Crippen molar-refractivity contribution in [3.8, 4) is 22.8 Å². The van der Waals surface area contributed by atoms with E-state index in [9.17, 15) is 23.4 Å². The molecule has 1 aliphatic rings. The Morgan fingerprint density at radius 3 is 2.46 bits per heavy atom. The first-order valence-corrected chi connectivity index (χ1v) is 8.76. The molecular weight excluding hydrogens is 375 g/mol. The van der Waals surface area contributed by atoms with Gasteiger partial charge in [-0.25, -0.2) is 4.98 Å². The minimum Gasteiger partial charge on any atom is -0.507 e. The number of imidazole rings is 1. The Labute approximate surface area is 158 Å². The number of piperidine rings is 1. The largest absolute Gasteiger partial charge is 0.507 e. The van der Waals surface area contributed by atoms with Gasteiger partial charge in [0.1, 0.15) is 22.7 Å². The summed E-state index contributed by atoms with van der Waals surface area (Å²) in [4.78, 5) is 6.54. The number of aromatic nitrogens is 4. The molecule has 10 heteroatoms. The second-order valence-corrected chi connectivity index (χ2v) is 7.04. The van der Waals surface area contributed by atoms with E-state index >= 15 is 0 Å². The number of phenols is 2. The fourth-order valence-corrected chi connectivity index (χ4v) is 3.63. The molecule has 28 heavy (non-hydrogen) atoms. The van der Waals surface area contributed by atoms with Gasteiger partial charge in [0.2, 0.25) is 0 Å². The van der Waals surface area contributed by atoms with E-state index < -0.39 is 23.2 Å². The van der Waals surface area contributed by atoms with E-state index in [4.69, 9.17) is 0 Å². The molecule has 7 nitrogen and oxygen atoms in total. The average molecular weight is 393 g/mol. The van der Waals surface area contributed by atoms with Crippen LogP contribution in [-0.2, 0) is 6.18 Å². The molecule has 2 aromatic heterocycles. The van der Waals surface area contributed by atoms with E-state index in [0.29, 0.717) is 23.3 Å². The number of alkyl halides is 3. The fraction of sp³-hybridized carbons (Fsp3) is 0.389. The number of aromatic hydroxyl groups is 2. The van der Waals surface area contributed by atoms with Crippen molar-refractivity contribution in [3.05, 3.63) is 30.1 Å². The van der Waals surface area contributed by atoms with E-state index in [1.165, 1.54) is 6.07 Å². The first kappa shape index (κ1) is 18.5. The van der Waals surface area contributed by atoms with E-state index in [-0.39, 0.29) is 17.3 Å². The lowest BCUT2D eigenvalue weighted by atomic mass is 10.0. The third-order valence-corrected chi connectivity index (χ3v) is 4.99. The number of benzene rings is 1. The molecule has 0 spiro atoms. The van der Waals surface area contributed by atoms with Crippen LogP contribution < -0.4 is 0 Å². The number of nitrogens with zero attached hydrogens (tertiary/aromatic N) is 5. The molecule has 0 saturated carbocycles. The van der Waals surface area contributed by atoms with Crippen LogP contribution in [0.4, 0.5) is 13.2 Å². The molecule has 1 aliphatic heterocycles. The lowest BCUT2D eigenvalue weighted by molar-refractivity contribution is -0.137. The van der Waals surface area contributed by atoms with Crippen LogP contribution in [-0.4, -0.2) is 55.0 Å². The Balaban J connectivity index is 1.73. The highest BCUT2D eigenvalue weighted by atomic mass is 19.4. The van der Waals surface area contributed by atoms with Crippen LogP contribution in [0, 0.1) is 0 Å². The van der Waals surface area contributed by atoms with Crippen molar-refractivity contribution in [3.63, 3.8) is 0 Å². The summed E-state index contributed by atoms with van der Waals surface area (Å²) in [7, 11) is 2.05. The Morgan fingerprint density at radius 1 is 1.11 bits per heavy atom. The van der Waals surface area contributed by atoms with Crippen LogP contribution in [0.5, 0.6) is 11.5 Å². The van der Waals surface area contributed by atoms with Gasteiger partial charge in [-0.1, -0.05) is 0 Å². The zero-order chi connectivity index (χ0) is 20.1. The van der Waals surface area contributed by atoms with Crippen molar-refractivity contribution in [2.75, 3.05) is 20.1 Å². The van der Waals surface area contributed by atoms with Crippen LogP contribution in [0.25, 0.3) is 22.4 Å². The second-order valence-electron chi connectivity index (χ2n) is 7.04. The highest BCUT2D eigenvalue weighted by molar-refractivity contribution is 5.81. The first-order chi connectivity index (χ1) is 13.2. The van der Waals surface area contributed by atoms with Gasteiger partial charge in [-0.05, 0) is 44.6 Å². The molecule has 148 valence electrons. The highest BCUT2D eigenvalue weighted by Crippen LogP contribution is 2.42. The van der Waals surface area contributed by atoms with Gasteiger partial charge in [0, 0.05) is 12.6 Å². The van der Waals surface area contributed by atoms with Crippen molar-refractivity contribution in [2.24, 2.45) is 0 Å². The maximum Gasteiger partial charge on any atom is 0.416 e. The van der Waals surface area contributed by atoms with Gasteiger partial charge in [0.15, 0.2) is 5.65 Å². The molecular formula is C18H18F3N5O2. The van der Waals surface area contributed by atoms with E-state index in [0.717, 1.165) is 25.9 Å². The molecule has 4 rings (SSSR count). The molecule has 3 aromatic rings. The van der Waals surface area contributed by atoms with Crippen LogP contribution >= 0.6 is 0 Å². The maximum absolute atomic E-state index is 12.8. The number of fused-ring (bicyclic) bond motifs is 1. The number of phenolic OH excluding ortho intramolecular Hbond substituents is 2. The molecule has 1 fully saturated rings. The van der Waals surface area contributed by atoms with Crippen LogP contribution in [0.2, 0.25) is 0 Å². The summed E-state index contributed by atoms with van der Waals surface area (Å²) in [6, 6.07) is 2.80. The number of rotatable bonds is 2. The van der Waals surface area contributed by atoms with Crippen LogP contribution in [0.3, 0.4) is 0 Å². The number of halogens is 3. The Bertz CT molecular complexity index is 1010.